The molecule has 0 aliphatic heterocycles. The number of fused-ring (bicyclic) bond motifs is 1. The molecule has 0 nitrogen and oxygen atoms in total. The van der Waals surface area contributed by atoms with Crippen molar-refractivity contribution in [2.24, 2.45) is 0 Å². The van der Waals surface area contributed by atoms with Crippen LogP contribution in [0.4, 0.5) is 0 Å². The van der Waals surface area contributed by atoms with Gasteiger partial charge >= 0.3 is 0 Å². The van der Waals surface area contributed by atoms with Crippen LogP contribution < -0.4 is 15.9 Å². The summed E-state index contributed by atoms with van der Waals surface area (Å²) in [6, 6.07) is 37.4. The van der Waals surface area contributed by atoms with Gasteiger partial charge in [-0.1, -0.05) is 110 Å². The van der Waals surface area contributed by atoms with Crippen LogP contribution in [0.3, 0.4) is 0 Å². The summed E-state index contributed by atoms with van der Waals surface area (Å²) in [5.41, 5.74) is 6.65. The summed E-state index contributed by atoms with van der Waals surface area (Å²) >= 11 is 3.60. The molecule has 0 bridgehead atoms. The van der Waals surface area contributed by atoms with Crippen LogP contribution in [0.5, 0.6) is 0 Å². The fourth-order valence-electron chi connectivity index (χ4n) is 5.23. The molecule has 1 aliphatic rings. The van der Waals surface area contributed by atoms with E-state index in [9.17, 15) is 0 Å². The van der Waals surface area contributed by atoms with E-state index in [2.05, 4.69) is 154 Å². The Morgan fingerprint density at radius 1 is 0.611 bits per heavy atom. The van der Waals surface area contributed by atoms with Gasteiger partial charge in [-0.25, -0.2) is 0 Å². The molecule has 0 aromatic heterocycles. The minimum atomic E-state index is -0.877. The zero-order valence-electron chi connectivity index (χ0n) is 22.3. The lowest BCUT2D eigenvalue weighted by Gasteiger charge is -2.42. The predicted molar refractivity (Wildman–Crippen MR) is 166 cm³/mol. The summed E-state index contributed by atoms with van der Waals surface area (Å²) < 4.78 is 0. The third kappa shape index (κ3) is 6.01. The average molecular weight is 559 g/mol. The molecule has 0 spiro atoms. The Kier molecular flexibility index (Phi) is 8.54. The van der Waals surface area contributed by atoms with E-state index in [4.69, 9.17) is 0 Å². The lowest BCUT2D eigenvalue weighted by molar-refractivity contribution is 0.331. The highest BCUT2D eigenvalue weighted by Gasteiger charge is 2.37. The van der Waals surface area contributed by atoms with Gasteiger partial charge in [0.2, 0.25) is 0 Å². The van der Waals surface area contributed by atoms with Crippen molar-refractivity contribution in [2.45, 2.75) is 63.6 Å². The van der Waals surface area contributed by atoms with Crippen molar-refractivity contribution in [3.8, 4) is 0 Å². The van der Waals surface area contributed by atoms with Crippen LogP contribution >= 0.6 is 23.9 Å². The summed E-state index contributed by atoms with van der Waals surface area (Å²) in [5, 5.41) is 5.27. The summed E-state index contributed by atoms with van der Waals surface area (Å²) in [4.78, 5) is 0. The molecular weight excluding hydrogens is 519 g/mol. The molecule has 186 valence electrons. The largest absolute Gasteiger partial charge is 0.102 e. The van der Waals surface area contributed by atoms with Crippen molar-refractivity contribution >= 4 is 39.8 Å². The Morgan fingerprint density at radius 3 is 1.33 bits per heavy atom. The van der Waals surface area contributed by atoms with E-state index in [-0.39, 0.29) is 0 Å². The van der Waals surface area contributed by atoms with Crippen LogP contribution in [0.25, 0.3) is 0 Å². The molecule has 0 amide bonds. The van der Waals surface area contributed by atoms with Gasteiger partial charge in [0.05, 0.1) is 7.92 Å². The van der Waals surface area contributed by atoms with Crippen LogP contribution in [-0.2, 0) is 16.2 Å². The fraction of sp³-hybridized carbons (Fsp3) is 0.294. The maximum Gasteiger partial charge on any atom is 0.102 e. The smallest absolute Gasteiger partial charge is 0.0876 e. The maximum absolute atomic E-state index is 3.60. The molecule has 36 heavy (non-hydrogen) atoms. The van der Waals surface area contributed by atoms with Crippen molar-refractivity contribution in [2.75, 3.05) is 0 Å². The highest BCUT2D eigenvalue weighted by Crippen LogP contribution is 2.46. The Labute approximate surface area is 228 Å². The fourth-order valence-corrected chi connectivity index (χ4v) is 8.41. The first kappa shape index (κ1) is 26.8. The van der Waals surface area contributed by atoms with Crippen LogP contribution in [0.2, 0.25) is 0 Å². The van der Waals surface area contributed by atoms with Gasteiger partial charge < -0.3 is 0 Å². The van der Waals surface area contributed by atoms with E-state index in [0.29, 0.717) is 10.8 Å². The number of hydrogen-bond donors (Lipinski definition) is 0. The monoisotopic (exact) mass is 557 g/mol. The summed E-state index contributed by atoms with van der Waals surface area (Å²) in [5.74, 6) is 0. The molecule has 0 saturated heterocycles. The van der Waals surface area contributed by atoms with Gasteiger partial charge in [-0.15, -0.1) is 0 Å². The molecule has 4 aromatic carbocycles. The maximum atomic E-state index is 3.60. The number of halogens is 1. The molecule has 0 N–H and O–H groups in total. The van der Waals surface area contributed by atoms with E-state index < -0.39 is 7.92 Å². The van der Waals surface area contributed by atoms with Gasteiger partial charge in [0.25, 0.3) is 0 Å². The number of rotatable bonds is 4. The third-order valence-corrected chi connectivity index (χ3v) is 11.0. The predicted octanol–water partition coefficient (Wildman–Crippen LogP) is 8.42. The zero-order valence-corrected chi connectivity index (χ0v) is 24.9. The molecule has 0 atom stereocenters. The van der Waals surface area contributed by atoms with Crippen molar-refractivity contribution in [3.05, 3.63) is 125 Å². The van der Waals surface area contributed by atoms with Crippen LogP contribution in [0.15, 0.2) is 103 Å². The lowest BCUT2D eigenvalue weighted by Crippen LogP contribution is -2.34. The minimum Gasteiger partial charge on any atom is -0.0876 e. The van der Waals surface area contributed by atoms with E-state index in [1.54, 1.807) is 11.1 Å². The molecule has 0 saturated carbocycles. The number of alkyl halides is 1. The van der Waals surface area contributed by atoms with Crippen molar-refractivity contribution < 1.29 is 0 Å². The lowest BCUT2D eigenvalue weighted by atomic mass is 9.62. The van der Waals surface area contributed by atoms with Gasteiger partial charge in [0, 0.05) is 5.33 Å². The molecule has 0 unspecified atom stereocenters. The zero-order chi connectivity index (χ0) is 25.8. The van der Waals surface area contributed by atoms with Gasteiger partial charge in [0.15, 0.2) is 0 Å². The average Bonchev–Trinajstić information content (AvgIpc) is 2.89. The van der Waals surface area contributed by atoms with Gasteiger partial charge in [-0.2, -0.15) is 0 Å². The summed E-state index contributed by atoms with van der Waals surface area (Å²) in [6.45, 7) is 11.8. The van der Waals surface area contributed by atoms with Crippen LogP contribution in [-0.4, -0.2) is 0 Å². The second-order valence-corrected chi connectivity index (χ2v) is 14.2. The number of aryl methyl sites for hydroxylation is 1. The summed E-state index contributed by atoms with van der Waals surface area (Å²) in [7, 11) is -0.877. The third-order valence-electron chi connectivity index (χ3n) is 7.64. The first-order valence-electron chi connectivity index (χ1n) is 13.0. The molecule has 5 rings (SSSR count). The second kappa shape index (κ2) is 11.5. The SMILES string of the molecule is Cc1cc2c(cc1CBr)C(C)(C)CCC2(C)C.c1ccc([PH+](c2ccccc2)c2ccccc2)cc1. The van der Waals surface area contributed by atoms with Crippen molar-refractivity contribution in [3.63, 3.8) is 0 Å². The van der Waals surface area contributed by atoms with Crippen molar-refractivity contribution in [1.29, 1.82) is 0 Å². The molecule has 2 heteroatoms. The Hall–Kier alpha value is -2.21. The Morgan fingerprint density at radius 2 is 0.972 bits per heavy atom. The molecule has 0 radical (unpaired) electrons. The van der Waals surface area contributed by atoms with Crippen molar-refractivity contribution in [1.82, 2.24) is 0 Å². The molecular formula is C34H39BrP+. The van der Waals surface area contributed by atoms with Crippen LogP contribution in [0, 0.1) is 6.92 Å². The van der Waals surface area contributed by atoms with E-state index >= 15 is 0 Å². The molecule has 1 aliphatic carbocycles. The van der Waals surface area contributed by atoms with E-state index in [1.807, 2.05) is 0 Å². The first-order chi connectivity index (χ1) is 17.2. The molecule has 4 aromatic rings. The molecule has 0 heterocycles. The Balaban J connectivity index is 0.000000170. The first-order valence-corrected chi connectivity index (χ1v) is 15.6. The topological polar surface area (TPSA) is 0 Å². The number of benzene rings is 4. The highest BCUT2D eigenvalue weighted by molar-refractivity contribution is 9.08. The second-order valence-electron chi connectivity index (χ2n) is 11.2. The Bertz CT molecular complexity index is 1170. The normalized spacial score (nSPS) is 15.5. The minimum absolute atomic E-state index is 0.329. The highest BCUT2D eigenvalue weighted by atomic mass is 79.9. The van der Waals surface area contributed by atoms with Gasteiger partial charge in [-0.3, -0.25) is 0 Å². The van der Waals surface area contributed by atoms with E-state index in [1.165, 1.54) is 39.9 Å². The quantitative estimate of drug-likeness (QED) is 0.174. The van der Waals surface area contributed by atoms with Gasteiger partial charge in [0.1, 0.15) is 15.9 Å². The van der Waals surface area contributed by atoms with Crippen LogP contribution in [0.1, 0.15) is 62.8 Å². The number of hydrogen-bond acceptors (Lipinski definition) is 0. The van der Waals surface area contributed by atoms with E-state index in [0.717, 1.165) is 5.33 Å². The standard InChI is InChI=1S/C18H15P.C16H23Br/c1-4-10-16(11-5-1)19(17-12-6-2-7-13-17)18-14-8-3-9-15-18;1-11-8-13-14(9-12(11)10-17)16(4,5)7-6-15(13,2)3/h1-15H;8-9H,6-7,10H2,1-5H3/p+1. The molecule has 0 fully saturated rings. The summed E-state index contributed by atoms with van der Waals surface area (Å²) in [6.07, 6.45) is 2.58. The van der Waals surface area contributed by atoms with Gasteiger partial charge in [-0.05, 0) is 89.2 Å².